The van der Waals surface area contributed by atoms with Crippen LogP contribution in [-0.4, -0.2) is 6.15 Å². The van der Waals surface area contributed by atoms with E-state index in [1.807, 2.05) is 0 Å². The van der Waals surface area contributed by atoms with Gasteiger partial charge in [-0.25, -0.2) is 65.9 Å². The van der Waals surface area contributed by atoms with E-state index in [0.717, 1.165) is 12.8 Å². The van der Waals surface area contributed by atoms with Gasteiger partial charge in [-0.2, -0.15) is 6.82 Å². The van der Waals surface area contributed by atoms with Gasteiger partial charge in [-0.05, 0) is 50.4 Å². The molecule has 0 aliphatic heterocycles. The van der Waals surface area contributed by atoms with E-state index < -0.39 is 110 Å². The predicted octanol–water partition coefficient (Wildman–Crippen LogP) is 9.63. The molecule has 0 heterocycles. The molecule has 292 valence electrons. The van der Waals surface area contributed by atoms with Gasteiger partial charge in [-0.3, -0.25) is 0 Å². The molecule has 0 amide bonds. The van der Waals surface area contributed by atoms with E-state index in [4.69, 9.17) is 0 Å². The predicted molar refractivity (Wildman–Crippen MR) is 178 cm³/mol. The van der Waals surface area contributed by atoms with Crippen molar-refractivity contribution in [3.8, 4) is 0 Å². The molecule has 3 aromatic rings. The van der Waals surface area contributed by atoms with Crippen LogP contribution in [0.2, 0.25) is 6.82 Å². The van der Waals surface area contributed by atoms with E-state index in [-0.39, 0.29) is 40.5 Å². The summed E-state index contributed by atoms with van der Waals surface area (Å²) in [7, 11) is 0. The molecule has 0 saturated heterocycles. The van der Waals surface area contributed by atoms with E-state index in [9.17, 15) is 65.9 Å². The van der Waals surface area contributed by atoms with Crippen LogP contribution in [0, 0.1) is 156 Å². The van der Waals surface area contributed by atoms with Crippen molar-refractivity contribution in [3.05, 3.63) is 204 Å². The Morgan fingerprint density at radius 3 is 0.842 bits per heavy atom. The zero-order chi connectivity index (χ0) is 40.3. The van der Waals surface area contributed by atoms with Crippen LogP contribution in [0.1, 0.15) is 12.8 Å². The molecule has 7 rings (SSSR count). The standard InChI is InChI=1S/C20H16.C19H3BF15.CH3.Zr/c1-3-7-19-15(5-1)9-11-17(19)13-14-18-12-10-16-6-2-4-8-20(16)18;1-20(2-5(21)11(27)17(33)12(28)6(2)22,3-7(23)13(29)18(34)14(30)8(3)24)4-9(25)15(31)19(35)16(32)10(4)26;;/h1-12H,13-14H2;1H3;1H3;/q;2*-1;+4. The third-order valence-corrected chi connectivity index (χ3v) is 9.67. The molecule has 4 aliphatic rings. The molecule has 0 N–H and O–H groups in total. The number of hydrogen-bond donors (Lipinski definition) is 0. The van der Waals surface area contributed by atoms with E-state index >= 15 is 0 Å². The van der Waals surface area contributed by atoms with Gasteiger partial charge in [0.25, 0.3) is 0 Å². The van der Waals surface area contributed by atoms with Crippen LogP contribution < -0.4 is 16.4 Å². The Hall–Kier alpha value is -3.48. The number of allylic oxidation sites excluding steroid dienone is 8. The topological polar surface area (TPSA) is 0 Å². The normalized spacial score (nSPS) is 17.4. The first kappa shape index (κ1) is 46.2. The number of rotatable bonds is 6. The van der Waals surface area contributed by atoms with Crippen LogP contribution in [0.4, 0.5) is 65.9 Å². The van der Waals surface area contributed by atoms with Gasteiger partial charge >= 0.3 is 26.2 Å². The van der Waals surface area contributed by atoms with Crippen molar-refractivity contribution < 1.29 is 92.1 Å². The van der Waals surface area contributed by atoms with Crippen LogP contribution in [0.3, 0.4) is 0 Å². The molecule has 17 heteroatoms. The Kier molecular flexibility index (Phi) is 14.4. The molecule has 0 unspecified atom stereocenters. The van der Waals surface area contributed by atoms with Gasteiger partial charge < -0.3 is 7.43 Å². The minimum absolute atomic E-state index is 0. The van der Waals surface area contributed by atoms with Crippen molar-refractivity contribution in [1.29, 1.82) is 0 Å². The molecule has 0 bridgehead atoms. The van der Waals surface area contributed by atoms with Crippen LogP contribution in [0.15, 0.2) is 48.6 Å². The summed E-state index contributed by atoms with van der Waals surface area (Å²) in [6, 6.07) is 0. The maximum atomic E-state index is 14.6. The summed E-state index contributed by atoms with van der Waals surface area (Å²) in [6.45, 7) is -0.213. The summed E-state index contributed by atoms with van der Waals surface area (Å²) in [5.41, 5.74) is -7.89. The van der Waals surface area contributed by atoms with Gasteiger partial charge in [0, 0.05) is 23.7 Å². The molecular formula is C40H22BF15Zr+2. The summed E-state index contributed by atoms with van der Waals surface area (Å²) >= 11 is 0. The SMILES string of the molecule is C[B-](c1c(F)c(F)c(F)c(F)c1F)(c1c(F)c(F)c(F)c(F)c1F)c1c(F)c(F)c(F)c(F)c1F.[CH3-].[CH]1[CH][C](CC[C]2[CH][CH][C]3C=CC=C[C]32)[C]2C=CC=C[C]12.[Zr+4]. The van der Waals surface area contributed by atoms with Crippen molar-refractivity contribution in [3.63, 3.8) is 0 Å². The van der Waals surface area contributed by atoms with Crippen LogP contribution in [0.25, 0.3) is 0 Å². The minimum atomic E-state index is -5.41. The number of halogens is 15. The first-order valence-electron chi connectivity index (χ1n) is 16.0. The monoisotopic (exact) mass is 888 g/mol. The summed E-state index contributed by atoms with van der Waals surface area (Å²) in [5.74, 6) is -36.6. The molecule has 0 aromatic heterocycles. The minimum Gasteiger partial charge on any atom is -0.358 e. The van der Waals surface area contributed by atoms with E-state index in [0.29, 0.717) is 0 Å². The van der Waals surface area contributed by atoms with Crippen molar-refractivity contribution in [2.24, 2.45) is 0 Å². The van der Waals surface area contributed by atoms with E-state index in [1.165, 1.54) is 35.5 Å². The van der Waals surface area contributed by atoms with Gasteiger partial charge in [-0.15, -0.1) is 16.4 Å². The number of benzene rings is 3. The molecule has 0 atom stereocenters. The smallest absolute Gasteiger partial charge is 0.358 e. The fraction of sp³-hybridized carbons (Fsp3) is 0.0750. The van der Waals surface area contributed by atoms with Gasteiger partial charge in [0.15, 0.2) is 52.4 Å². The zero-order valence-electron chi connectivity index (χ0n) is 29.1. The average Bonchev–Trinajstić information content (AvgIpc) is 3.79. The summed E-state index contributed by atoms with van der Waals surface area (Å²) in [6.07, 6.45) is 23.1. The second-order valence-electron chi connectivity index (χ2n) is 12.6. The van der Waals surface area contributed by atoms with Crippen LogP contribution in [-0.2, 0) is 26.2 Å². The van der Waals surface area contributed by atoms with Gasteiger partial charge in [-0.1, -0.05) is 48.6 Å². The van der Waals surface area contributed by atoms with E-state index in [2.05, 4.69) is 74.3 Å². The molecule has 0 nitrogen and oxygen atoms in total. The quantitative estimate of drug-likeness (QED) is 0.0761. The molecular weight excluding hydrogens is 867 g/mol. The first-order valence-corrected chi connectivity index (χ1v) is 16.0. The third-order valence-electron chi connectivity index (χ3n) is 9.67. The van der Waals surface area contributed by atoms with E-state index in [1.54, 1.807) is 0 Å². The Morgan fingerprint density at radius 1 is 0.351 bits per heavy atom. The van der Waals surface area contributed by atoms with Gasteiger partial charge in [0.2, 0.25) is 0 Å². The Morgan fingerprint density at radius 2 is 0.579 bits per heavy atom. The third kappa shape index (κ3) is 7.75. The van der Waals surface area contributed by atoms with Crippen molar-refractivity contribution in [1.82, 2.24) is 0 Å². The number of fused-ring (bicyclic) bond motifs is 2. The maximum absolute atomic E-state index is 14.6. The second-order valence-corrected chi connectivity index (χ2v) is 12.6. The molecule has 57 heavy (non-hydrogen) atoms. The molecule has 3 aromatic carbocycles. The van der Waals surface area contributed by atoms with Gasteiger partial charge in [0.05, 0.1) is 0 Å². The molecule has 2 fully saturated rings. The average molecular weight is 890 g/mol. The van der Waals surface area contributed by atoms with Crippen LogP contribution in [0.5, 0.6) is 0 Å². The fourth-order valence-electron chi connectivity index (χ4n) is 6.95. The summed E-state index contributed by atoms with van der Waals surface area (Å²) < 4.78 is 212. The van der Waals surface area contributed by atoms with Crippen molar-refractivity contribution in [2.75, 3.05) is 0 Å². The Labute approximate surface area is 337 Å². The maximum Gasteiger partial charge on any atom is 4.00 e. The summed E-state index contributed by atoms with van der Waals surface area (Å²) in [4.78, 5) is 0. The second kappa shape index (κ2) is 17.8. The molecule has 10 radical (unpaired) electrons. The Balaban J connectivity index is 0.000000276. The van der Waals surface area contributed by atoms with Crippen molar-refractivity contribution >= 4 is 22.5 Å². The molecule has 4 aliphatic carbocycles. The summed E-state index contributed by atoms with van der Waals surface area (Å²) in [5, 5.41) is 0. The zero-order valence-corrected chi connectivity index (χ0v) is 31.5. The van der Waals surface area contributed by atoms with Gasteiger partial charge in [0.1, 0.15) is 41.0 Å². The molecule has 0 spiro atoms. The van der Waals surface area contributed by atoms with Crippen LogP contribution >= 0.6 is 0 Å². The Bertz CT molecular complexity index is 1860. The largest absolute Gasteiger partial charge is 4.00 e. The fourth-order valence-corrected chi connectivity index (χ4v) is 6.95. The molecule has 2 saturated carbocycles. The van der Waals surface area contributed by atoms with Crippen molar-refractivity contribution in [2.45, 2.75) is 19.7 Å². The number of hydrogen-bond acceptors (Lipinski definition) is 0. The first-order chi connectivity index (χ1) is 25.9.